The van der Waals surface area contributed by atoms with E-state index < -0.39 is 0 Å². The summed E-state index contributed by atoms with van der Waals surface area (Å²) in [6.07, 6.45) is 0. The Morgan fingerprint density at radius 1 is 1.20 bits per heavy atom. The van der Waals surface area contributed by atoms with Gasteiger partial charge in [-0.2, -0.15) is 0 Å². The molecule has 5 nitrogen and oxygen atoms in total. The zero-order valence-electron chi connectivity index (χ0n) is 15.9. The molecule has 0 saturated carbocycles. The number of nitrogens with zero attached hydrogens (tertiary/aromatic N) is 2. The molecule has 0 spiro atoms. The molecule has 0 unspecified atom stereocenters. The Kier molecular flexibility index (Phi) is 6.42. The van der Waals surface area contributed by atoms with Crippen molar-refractivity contribution in [3.05, 3.63) is 45.4 Å². The van der Waals surface area contributed by atoms with Gasteiger partial charge in [-0.05, 0) is 31.5 Å². The summed E-state index contributed by atoms with van der Waals surface area (Å²) < 4.78 is 5.23. The fourth-order valence-electron chi connectivity index (χ4n) is 2.57. The average Bonchev–Trinajstić information content (AvgIpc) is 2.92. The fraction of sp³-hybridized carbons (Fsp3) is 0.474. The van der Waals surface area contributed by atoms with E-state index in [1.165, 1.54) is 10.4 Å². The lowest BCUT2D eigenvalue weighted by Crippen LogP contribution is -2.43. The second-order valence-electron chi connectivity index (χ2n) is 6.63. The molecule has 0 aliphatic heterocycles. The molecule has 1 heterocycles. The number of guanidine groups is 1. The number of rotatable bonds is 6. The van der Waals surface area contributed by atoms with Crippen LogP contribution in [-0.2, 0) is 12.0 Å². The zero-order valence-corrected chi connectivity index (χ0v) is 16.8. The predicted octanol–water partition coefficient (Wildman–Crippen LogP) is 3.41. The van der Waals surface area contributed by atoms with Crippen LogP contribution in [0.1, 0.15) is 35.0 Å². The number of hydrogen-bond donors (Lipinski definition) is 2. The topological polar surface area (TPSA) is 58.5 Å². The molecule has 0 saturated heterocycles. The van der Waals surface area contributed by atoms with Crippen LogP contribution in [0.5, 0.6) is 5.75 Å². The van der Waals surface area contributed by atoms with Crippen LogP contribution < -0.4 is 15.4 Å². The number of ether oxygens (including phenoxy) is 1. The van der Waals surface area contributed by atoms with Crippen LogP contribution >= 0.6 is 11.3 Å². The maximum Gasteiger partial charge on any atom is 0.191 e. The van der Waals surface area contributed by atoms with Gasteiger partial charge in [-0.15, -0.1) is 11.3 Å². The molecule has 2 N–H and O–H groups in total. The molecule has 0 radical (unpaired) electrons. The third-order valence-electron chi connectivity index (χ3n) is 4.21. The van der Waals surface area contributed by atoms with Crippen molar-refractivity contribution in [3.8, 4) is 5.75 Å². The van der Waals surface area contributed by atoms with Crippen LogP contribution in [0.2, 0.25) is 0 Å². The minimum Gasteiger partial charge on any atom is -0.497 e. The molecule has 1 aromatic heterocycles. The quantitative estimate of drug-likeness (QED) is 0.612. The van der Waals surface area contributed by atoms with Gasteiger partial charge in [0.15, 0.2) is 5.96 Å². The van der Waals surface area contributed by atoms with Crippen molar-refractivity contribution in [1.82, 2.24) is 15.6 Å². The molecule has 2 aromatic rings. The van der Waals surface area contributed by atoms with Gasteiger partial charge in [0.25, 0.3) is 0 Å². The van der Waals surface area contributed by atoms with Gasteiger partial charge in [0.05, 0.1) is 24.4 Å². The number of thiazole rings is 1. The van der Waals surface area contributed by atoms with E-state index in [1.807, 2.05) is 26.0 Å². The molecule has 6 heteroatoms. The van der Waals surface area contributed by atoms with Gasteiger partial charge in [-0.25, -0.2) is 4.98 Å². The molecule has 1 aromatic carbocycles. The van der Waals surface area contributed by atoms with Crippen molar-refractivity contribution in [1.29, 1.82) is 0 Å². The van der Waals surface area contributed by atoms with E-state index in [4.69, 9.17) is 4.74 Å². The van der Waals surface area contributed by atoms with E-state index in [0.717, 1.165) is 35.5 Å². The standard InChI is InChI=1S/C19H28N4OS/c1-13-17(25-14(2)23-13)11-21-18(20-5)22-12-19(3,4)15-7-9-16(24-6)10-8-15/h7-10H,11-12H2,1-6H3,(H2,20,21,22). The number of nitrogens with one attached hydrogen (secondary N) is 2. The van der Waals surface area contributed by atoms with Crippen molar-refractivity contribution in [2.45, 2.75) is 39.7 Å². The van der Waals surface area contributed by atoms with E-state index in [9.17, 15) is 0 Å². The van der Waals surface area contributed by atoms with Gasteiger partial charge < -0.3 is 15.4 Å². The molecule has 0 aliphatic carbocycles. The second-order valence-corrected chi connectivity index (χ2v) is 7.92. The second kappa shape index (κ2) is 8.34. The first-order valence-corrected chi connectivity index (χ1v) is 9.19. The van der Waals surface area contributed by atoms with Gasteiger partial charge in [-0.3, -0.25) is 4.99 Å². The van der Waals surface area contributed by atoms with E-state index in [-0.39, 0.29) is 5.41 Å². The average molecular weight is 361 g/mol. The number of aromatic nitrogens is 1. The summed E-state index contributed by atoms with van der Waals surface area (Å²) in [4.78, 5) is 10.0. The summed E-state index contributed by atoms with van der Waals surface area (Å²) >= 11 is 1.72. The first kappa shape index (κ1) is 19.2. The third-order valence-corrected chi connectivity index (χ3v) is 5.28. The summed E-state index contributed by atoms with van der Waals surface area (Å²) in [7, 11) is 3.48. The van der Waals surface area contributed by atoms with Gasteiger partial charge in [0.1, 0.15) is 5.75 Å². The normalized spacial score (nSPS) is 12.2. The number of hydrogen-bond acceptors (Lipinski definition) is 4. The Hall–Kier alpha value is -2.08. The first-order chi connectivity index (χ1) is 11.9. The molecule has 2 rings (SSSR count). The molecule has 0 fully saturated rings. The highest BCUT2D eigenvalue weighted by Crippen LogP contribution is 2.24. The Morgan fingerprint density at radius 2 is 1.88 bits per heavy atom. The molecule has 25 heavy (non-hydrogen) atoms. The highest BCUT2D eigenvalue weighted by atomic mass is 32.1. The van der Waals surface area contributed by atoms with Crippen molar-refractivity contribution in [2.24, 2.45) is 4.99 Å². The van der Waals surface area contributed by atoms with Crippen LogP contribution in [-0.4, -0.2) is 31.6 Å². The van der Waals surface area contributed by atoms with Gasteiger partial charge in [0.2, 0.25) is 0 Å². The van der Waals surface area contributed by atoms with E-state index in [1.54, 1.807) is 25.5 Å². The van der Waals surface area contributed by atoms with E-state index >= 15 is 0 Å². The summed E-state index contributed by atoms with van der Waals surface area (Å²) in [6.45, 7) is 10.0. The molecule has 0 atom stereocenters. The molecule has 0 aliphatic rings. The summed E-state index contributed by atoms with van der Waals surface area (Å²) in [5.74, 6) is 1.67. The minimum absolute atomic E-state index is 0.0269. The maximum atomic E-state index is 5.23. The van der Waals surface area contributed by atoms with Gasteiger partial charge in [-0.1, -0.05) is 26.0 Å². The highest BCUT2D eigenvalue weighted by molar-refractivity contribution is 7.11. The Balaban J connectivity index is 1.93. The van der Waals surface area contributed by atoms with Crippen LogP contribution in [0.4, 0.5) is 0 Å². The lowest BCUT2D eigenvalue weighted by Gasteiger charge is -2.27. The number of methoxy groups -OCH3 is 1. The Labute approximate surface area is 154 Å². The SMILES string of the molecule is CN=C(NCc1sc(C)nc1C)NCC(C)(C)c1ccc(OC)cc1. The van der Waals surface area contributed by atoms with E-state index in [0.29, 0.717) is 0 Å². The Bertz CT molecular complexity index is 720. The maximum absolute atomic E-state index is 5.23. The van der Waals surface area contributed by atoms with Crippen LogP contribution in [0, 0.1) is 13.8 Å². The summed E-state index contributed by atoms with van der Waals surface area (Å²) in [6, 6.07) is 8.22. The van der Waals surface area contributed by atoms with Crippen LogP contribution in [0.15, 0.2) is 29.3 Å². The first-order valence-electron chi connectivity index (χ1n) is 8.37. The number of benzene rings is 1. The highest BCUT2D eigenvalue weighted by Gasteiger charge is 2.21. The van der Waals surface area contributed by atoms with Gasteiger partial charge >= 0.3 is 0 Å². The van der Waals surface area contributed by atoms with Gasteiger partial charge in [0, 0.05) is 23.9 Å². The molecular weight excluding hydrogens is 332 g/mol. The van der Waals surface area contributed by atoms with Crippen LogP contribution in [0.25, 0.3) is 0 Å². The summed E-state index contributed by atoms with van der Waals surface area (Å²) in [5.41, 5.74) is 2.31. The molecule has 0 bridgehead atoms. The lowest BCUT2D eigenvalue weighted by atomic mass is 9.84. The monoisotopic (exact) mass is 360 g/mol. The number of aliphatic imine (C=N–C) groups is 1. The largest absolute Gasteiger partial charge is 0.497 e. The molecule has 0 amide bonds. The predicted molar refractivity (Wildman–Crippen MR) is 106 cm³/mol. The number of aryl methyl sites for hydroxylation is 2. The van der Waals surface area contributed by atoms with Crippen molar-refractivity contribution >= 4 is 17.3 Å². The Morgan fingerprint density at radius 3 is 2.40 bits per heavy atom. The lowest BCUT2D eigenvalue weighted by molar-refractivity contribution is 0.414. The zero-order chi connectivity index (χ0) is 18.4. The molecular formula is C19H28N4OS. The third kappa shape index (κ3) is 5.19. The smallest absolute Gasteiger partial charge is 0.191 e. The van der Waals surface area contributed by atoms with E-state index in [2.05, 4.69) is 46.6 Å². The fourth-order valence-corrected chi connectivity index (χ4v) is 3.45. The van der Waals surface area contributed by atoms with Crippen molar-refractivity contribution in [2.75, 3.05) is 20.7 Å². The van der Waals surface area contributed by atoms with Crippen molar-refractivity contribution < 1.29 is 4.74 Å². The molecule has 136 valence electrons. The van der Waals surface area contributed by atoms with Crippen molar-refractivity contribution in [3.63, 3.8) is 0 Å². The minimum atomic E-state index is -0.0269. The van der Waals surface area contributed by atoms with Crippen LogP contribution in [0.3, 0.4) is 0 Å². The summed E-state index contributed by atoms with van der Waals surface area (Å²) in [5, 5.41) is 7.89.